The number of ether oxygens (including phenoxy) is 2. The van der Waals surface area contributed by atoms with E-state index in [-0.39, 0.29) is 17.9 Å². The number of hydrogen-bond acceptors (Lipinski definition) is 5. The van der Waals surface area contributed by atoms with Crippen LogP contribution in [0, 0.1) is 5.92 Å². The highest BCUT2D eigenvalue weighted by Gasteiger charge is 2.32. The number of rotatable bonds is 4. The van der Waals surface area contributed by atoms with Crippen molar-refractivity contribution in [1.29, 1.82) is 0 Å². The number of carbonyl (C=O) groups is 1. The van der Waals surface area contributed by atoms with Crippen LogP contribution in [0.1, 0.15) is 4.88 Å². The van der Waals surface area contributed by atoms with Gasteiger partial charge in [-0.2, -0.15) is 0 Å². The fraction of sp³-hybridized carbons (Fsp3) is 0.545. The molecule has 2 unspecified atom stereocenters. The summed E-state index contributed by atoms with van der Waals surface area (Å²) in [5, 5.41) is 2.01. The van der Waals surface area contributed by atoms with Crippen LogP contribution in [0.25, 0.3) is 0 Å². The monoisotopic (exact) mass is 241 g/mol. The summed E-state index contributed by atoms with van der Waals surface area (Å²) in [6.45, 7) is 1.26. The number of nitrogens with two attached hydrogens (primary N) is 1. The number of esters is 1. The van der Waals surface area contributed by atoms with Crippen LogP contribution in [0.4, 0.5) is 0 Å². The Bertz CT molecular complexity index is 339. The maximum Gasteiger partial charge on any atom is 0.312 e. The van der Waals surface area contributed by atoms with Crippen molar-refractivity contribution in [3.63, 3.8) is 0 Å². The van der Waals surface area contributed by atoms with Crippen LogP contribution in [0.3, 0.4) is 0 Å². The number of hydrogen-bond donors (Lipinski definition) is 1. The van der Waals surface area contributed by atoms with Gasteiger partial charge in [-0.3, -0.25) is 4.79 Å². The first kappa shape index (κ1) is 11.6. The minimum Gasteiger partial charge on any atom is -0.465 e. The Kier molecular flexibility index (Phi) is 3.93. The third kappa shape index (κ3) is 2.81. The summed E-state index contributed by atoms with van der Waals surface area (Å²) in [4.78, 5) is 12.8. The quantitative estimate of drug-likeness (QED) is 0.792. The Morgan fingerprint density at radius 1 is 1.62 bits per heavy atom. The molecule has 0 aliphatic carbocycles. The molecule has 2 rings (SSSR count). The molecule has 0 radical (unpaired) electrons. The molecule has 88 valence electrons. The maximum absolute atomic E-state index is 11.6. The molecule has 0 spiro atoms. The van der Waals surface area contributed by atoms with Gasteiger partial charge >= 0.3 is 5.97 Å². The molecule has 2 atom stereocenters. The van der Waals surface area contributed by atoms with Gasteiger partial charge in [0.05, 0.1) is 25.7 Å². The summed E-state index contributed by atoms with van der Waals surface area (Å²) in [5.41, 5.74) is 5.72. The van der Waals surface area contributed by atoms with Crippen molar-refractivity contribution >= 4 is 17.3 Å². The first-order valence-electron chi connectivity index (χ1n) is 5.29. The van der Waals surface area contributed by atoms with Crippen molar-refractivity contribution in [3.05, 3.63) is 22.4 Å². The molecule has 0 amide bonds. The highest BCUT2D eigenvalue weighted by molar-refractivity contribution is 7.09. The standard InChI is InChI=1S/C11H15NO3S/c12-10-7-14-6-9(10)11(13)15-4-3-8-2-1-5-16-8/h1-2,5,9-10H,3-4,6-7,12H2. The molecule has 2 N–H and O–H groups in total. The molecule has 1 fully saturated rings. The second kappa shape index (κ2) is 5.43. The average molecular weight is 241 g/mol. The molecule has 1 aliphatic heterocycles. The van der Waals surface area contributed by atoms with Crippen LogP contribution in [0.2, 0.25) is 0 Å². The predicted molar refractivity (Wildman–Crippen MR) is 61.3 cm³/mol. The van der Waals surface area contributed by atoms with Gasteiger partial charge in [-0.1, -0.05) is 6.07 Å². The smallest absolute Gasteiger partial charge is 0.312 e. The third-order valence-corrected chi connectivity index (χ3v) is 3.54. The lowest BCUT2D eigenvalue weighted by Gasteiger charge is -2.11. The van der Waals surface area contributed by atoms with Crippen molar-refractivity contribution in [1.82, 2.24) is 0 Å². The molecular weight excluding hydrogens is 226 g/mol. The van der Waals surface area contributed by atoms with E-state index in [9.17, 15) is 4.79 Å². The molecular formula is C11H15NO3S. The molecule has 16 heavy (non-hydrogen) atoms. The summed E-state index contributed by atoms with van der Waals surface area (Å²) in [6.07, 6.45) is 0.770. The summed E-state index contributed by atoms with van der Waals surface area (Å²) >= 11 is 1.67. The minimum atomic E-state index is -0.289. The molecule has 1 aliphatic rings. The SMILES string of the molecule is NC1COCC1C(=O)OCCc1cccs1. The topological polar surface area (TPSA) is 61.5 Å². The largest absolute Gasteiger partial charge is 0.465 e. The van der Waals surface area contributed by atoms with E-state index in [1.807, 2.05) is 17.5 Å². The van der Waals surface area contributed by atoms with Gasteiger partial charge in [-0.25, -0.2) is 0 Å². The average Bonchev–Trinajstić information content (AvgIpc) is 2.88. The van der Waals surface area contributed by atoms with E-state index in [1.165, 1.54) is 4.88 Å². The molecule has 4 nitrogen and oxygen atoms in total. The zero-order valence-corrected chi connectivity index (χ0v) is 9.74. The molecule has 0 saturated carbocycles. The van der Waals surface area contributed by atoms with Gasteiger partial charge in [-0.05, 0) is 11.4 Å². The van der Waals surface area contributed by atoms with E-state index < -0.39 is 0 Å². The lowest BCUT2D eigenvalue weighted by molar-refractivity contribution is -0.148. The second-order valence-electron chi connectivity index (χ2n) is 3.80. The fourth-order valence-electron chi connectivity index (χ4n) is 1.63. The van der Waals surface area contributed by atoms with Crippen molar-refractivity contribution in [2.45, 2.75) is 12.5 Å². The van der Waals surface area contributed by atoms with Crippen LogP contribution in [-0.4, -0.2) is 31.8 Å². The number of thiophene rings is 1. The summed E-state index contributed by atoms with van der Waals surface area (Å²) < 4.78 is 10.3. The molecule has 1 aromatic heterocycles. The third-order valence-electron chi connectivity index (χ3n) is 2.60. The van der Waals surface area contributed by atoms with Crippen LogP contribution < -0.4 is 5.73 Å². The van der Waals surface area contributed by atoms with Crippen LogP contribution in [-0.2, 0) is 20.7 Å². The Morgan fingerprint density at radius 2 is 2.50 bits per heavy atom. The van der Waals surface area contributed by atoms with Crippen molar-refractivity contribution in [2.75, 3.05) is 19.8 Å². The van der Waals surface area contributed by atoms with Crippen LogP contribution >= 0.6 is 11.3 Å². The van der Waals surface area contributed by atoms with Crippen molar-refractivity contribution < 1.29 is 14.3 Å². The highest BCUT2D eigenvalue weighted by atomic mass is 32.1. The minimum absolute atomic E-state index is 0.214. The maximum atomic E-state index is 11.6. The molecule has 2 heterocycles. The van der Waals surface area contributed by atoms with Crippen molar-refractivity contribution in [3.8, 4) is 0 Å². The van der Waals surface area contributed by atoms with Crippen molar-refractivity contribution in [2.24, 2.45) is 11.7 Å². The van der Waals surface area contributed by atoms with Gasteiger partial charge in [0.2, 0.25) is 0 Å². The van der Waals surface area contributed by atoms with Gasteiger partial charge < -0.3 is 15.2 Å². The molecule has 0 bridgehead atoms. The summed E-state index contributed by atoms with van der Waals surface area (Å²) in [5.74, 6) is -0.523. The van der Waals surface area contributed by atoms with E-state index >= 15 is 0 Å². The van der Waals surface area contributed by atoms with E-state index in [0.29, 0.717) is 19.8 Å². The zero-order chi connectivity index (χ0) is 11.4. The first-order valence-corrected chi connectivity index (χ1v) is 6.17. The van der Waals surface area contributed by atoms with E-state index in [4.69, 9.17) is 15.2 Å². The Morgan fingerprint density at radius 3 is 3.12 bits per heavy atom. The van der Waals surface area contributed by atoms with Crippen LogP contribution in [0.5, 0.6) is 0 Å². The van der Waals surface area contributed by atoms with Gasteiger partial charge in [0.1, 0.15) is 0 Å². The van der Waals surface area contributed by atoms with E-state index in [1.54, 1.807) is 11.3 Å². The Balaban J connectivity index is 1.71. The predicted octanol–water partition coefficient (Wildman–Crippen LogP) is 0.808. The zero-order valence-electron chi connectivity index (χ0n) is 8.93. The highest BCUT2D eigenvalue weighted by Crippen LogP contribution is 2.14. The van der Waals surface area contributed by atoms with Crippen LogP contribution in [0.15, 0.2) is 17.5 Å². The second-order valence-corrected chi connectivity index (χ2v) is 4.84. The van der Waals surface area contributed by atoms with E-state index in [0.717, 1.165) is 6.42 Å². The molecule has 5 heteroatoms. The van der Waals surface area contributed by atoms with Gasteiger partial charge in [0.15, 0.2) is 0 Å². The summed E-state index contributed by atoms with van der Waals surface area (Å²) in [6, 6.07) is 3.81. The van der Waals surface area contributed by atoms with E-state index in [2.05, 4.69) is 0 Å². The fourth-order valence-corrected chi connectivity index (χ4v) is 2.32. The number of carbonyl (C=O) groups excluding carboxylic acids is 1. The van der Waals surface area contributed by atoms with Gasteiger partial charge in [0, 0.05) is 17.3 Å². The first-order chi connectivity index (χ1) is 7.77. The van der Waals surface area contributed by atoms with Gasteiger partial charge in [0.25, 0.3) is 0 Å². The lowest BCUT2D eigenvalue weighted by Crippen LogP contribution is -2.35. The Labute approximate surface area is 98.3 Å². The van der Waals surface area contributed by atoms with Gasteiger partial charge in [-0.15, -0.1) is 11.3 Å². The molecule has 1 aromatic rings. The normalized spacial score (nSPS) is 24.6. The molecule has 0 aromatic carbocycles. The molecule has 1 saturated heterocycles. The lowest BCUT2D eigenvalue weighted by atomic mass is 10.1. The Hall–Kier alpha value is -0.910. The summed E-state index contributed by atoms with van der Waals surface area (Å²) in [7, 11) is 0.